The van der Waals surface area contributed by atoms with E-state index in [4.69, 9.17) is 18.9 Å². The fraction of sp³-hybridized carbons (Fsp3) is 0.500. The largest absolute Gasteiger partial charge is 0.493 e. The number of nitrogens with zero attached hydrogens (tertiary/aromatic N) is 1. The van der Waals surface area contributed by atoms with Crippen molar-refractivity contribution in [1.82, 2.24) is 4.90 Å². The van der Waals surface area contributed by atoms with Gasteiger partial charge in [0.15, 0.2) is 11.5 Å². The van der Waals surface area contributed by atoms with Gasteiger partial charge in [-0.2, -0.15) is 0 Å². The maximum absolute atomic E-state index is 12.5. The van der Waals surface area contributed by atoms with Crippen molar-refractivity contribution in [3.05, 3.63) is 23.8 Å². The zero-order chi connectivity index (χ0) is 19.8. The Morgan fingerprint density at radius 1 is 1.07 bits per heavy atom. The van der Waals surface area contributed by atoms with E-state index in [0.29, 0.717) is 55.4 Å². The second-order valence-electron chi connectivity index (χ2n) is 6.11. The van der Waals surface area contributed by atoms with Crippen molar-refractivity contribution in [2.45, 2.75) is 19.8 Å². The monoisotopic (exact) mass is 377 g/mol. The van der Waals surface area contributed by atoms with Gasteiger partial charge >= 0.3 is 5.97 Å². The molecular formula is C20H27NO6. The lowest BCUT2D eigenvalue weighted by molar-refractivity contribution is -0.150. The van der Waals surface area contributed by atoms with Crippen LogP contribution in [0.15, 0.2) is 18.2 Å². The van der Waals surface area contributed by atoms with Gasteiger partial charge in [-0.3, -0.25) is 9.59 Å². The number of likely N-dealkylation sites (tertiary alicyclic amines) is 1. The standard InChI is InChI=1S/C20H27NO6/c1-5-27-20(23)15-10-12-21(13-11-15)17(22)9-7-14-6-8-16(24-2)19(26-4)18(14)25-3/h6-9,15H,5,10-13H2,1-4H3/b9-7+. The molecule has 1 fully saturated rings. The highest BCUT2D eigenvalue weighted by atomic mass is 16.5. The second kappa shape index (κ2) is 9.85. The Morgan fingerprint density at radius 2 is 1.74 bits per heavy atom. The average Bonchev–Trinajstić information content (AvgIpc) is 2.71. The van der Waals surface area contributed by atoms with Crippen LogP contribution < -0.4 is 14.2 Å². The van der Waals surface area contributed by atoms with Crippen LogP contribution in [0.4, 0.5) is 0 Å². The molecule has 0 unspecified atom stereocenters. The fourth-order valence-electron chi connectivity index (χ4n) is 3.12. The van der Waals surface area contributed by atoms with Crippen molar-refractivity contribution in [2.24, 2.45) is 5.92 Å². The summed E-state index contributed by atoms with van der Waals surface area (Å²) in [5.74, 6) is 1.14. The number of rotatable bonds is 7. The van der Waals surface area contributed by atoms with E-state index >= 15 is 0 Å². The van der Waals surface area contributed by atoms with Crippen LogP contribution in [-0.2, 0) is 14.3 Å². The molecule has 148 valence electrons. The van der Waals surface area contributed by atoms with Gasteiger partial charge in [-0.15, -0.1) is 0 Å². The summed E-state index contributed by atoms with van der Waals surface area (Å²) in [5.41, 5.74) is 0.713. The average molecular weight is 377 g/mol. The minimum atomic E-state index is -0.171. The Morgan fingerprint density at radius 3 is 2.30 bits per heavy atom. The van der Waals surface area contributed by atoms with E-state index in [0.717, 1.165) is 0 Å². The summed E-state index contributed by atoms with van der Waals surface area (Å²) in [4.78, 5) is 26.0. The number of hydrogen-bond acceptors (Lipinski definition) is 6. The van der Waals surface area contributed by atoms with E-state index in [1.165, 1.54) is 20.3 Å². The van der Waals surface area contributed by atoms with Gasteiger partial charge < -0.3 is 23.8 Å². The molecular weight excluding hydrogens is 350 g/mol. The van der Waals surface area contributed by atoms with E-state index < -0.39 is 0 Å². The van der Waals surface area contributed by atoms with Crippen LogP contribution in [-0.4, -0.2) is 57.8 Å². The van der Waals surface area contributed by atoms with Gasteiger partial charge in [-0.1, -0.05) is 0 Å². The lowest BCUT2D eigenvalue weighted by Gasteiger charge is -2.30. The maximum atomic E-state index is 12.5. The molecule has 7 nitrogen and oxygen atoms in total. The van der Waals surface area contributed by atoms with Crippen LogP contribution in [0.2, 0.25) is 0 Å². The highest BCUT2D eigenvalue weighted by molar-refractivity contribution is 5.92. The number of carbonyl (C=O) groups is 2. The van der Waals surface area contributed by atoms with Crippen molar-refractivity contribution in [3.63, 3.8) is 0 Å². The van der Waals surface area contributed by atoms with Crippen LogP contribution in [0, 0.1) is 5.92 Å². The molecule has 0 bridgehead atoms. The molecule has 0 aromatic heterocycles. The summed E-state index contributed by atoms with van der Waals surface area (Å²) in [6.45, 7) is 3.25. The molecule has 27 heavy (non-hydrogen) atoms. The summed E-state index contributed by atoms with van der Waals surface area (Å²) in [5, 5.41) is 0. The predicted octanol–water partition coefficient (Wildman–Crippen LogP) is 2.53. The van der Waals surface area contributed by atoms with Gasteiger partial charge in [-0.05, 0) is 38.0 Å². The molecule has 7 heteroatoms. The molecule has 0 N–H and O–H groups in total. The number of methoxy groups -OCH3 is 3. The molecule has 1 aliphatic rings. The fourth-order valence-corrected chi connectivity index (χ4v) is 3.12. The molecule has 0 aliphatic carbocycles. The minimum Gasteiger partial charge on any atom is -0.493 e. The third-order valence-corrected chi connectivity index (χ3v) is 4.57. The van der Waals surface area contributed by atoms with Gasteiger partial charge in [0.1, 0.15) is 0 Å². The second-order valence-corrected chi connectivity index (χ2v) is 6.11. The quantitative estimate of drug-likeness (QED) is 0.537. The number of amides is 1. The van der Waals surface area contributed by atoms with Gasteiger partial charge in [0, 0.05) is 24.7 Å². The summed E-state index contributed by atoms with van der Waals surface area (Å²) < 4.78 is 21.1. The lowest BCUT2D eigenvalue weighted by atomic mass is 9.97. The Bertz CT molecular complexity index is 692. The molecule has 0 saturated carbocycles. The topological polar surface area (TPSA) is 74.3 Å². The minimum absolute atomic E-state index is 0.103. The van der Waals surface area contributed by atoms with Gasteiger partial charge in [0.05, 0.1) is 33.9 Å². The lowest BCUT2D eigenvalue weighted by Crippen LogP contribution is -2.39. The van der Waals surface area contributed by atoms with E-state index in [-0.39, 0.29) is 17.8 Å². The number of ether oxygens (including phenoxy) is 4. The number of piperidine rings is 1. The Hall–Kier alpha value is -2.70. The summed E-state index contributed by atoms with van der Waals surface area (Å²) in [6, 6.07) is 3.56. The van der Waals surface area contributed by atoms with Crippen molar-refractivity contribution in [1.29, 1.82) is 0 Å². The first-order valence-electron chi connectivity index (χ1n) is 8.98. The van der Waals surface area contributed by atoms with E-state index in [1.807, 2.05) is 0 Å². The normalized spacial score (nSPS) is 14.9. The number of esters is 1. The van der Waals surface area contributed by atoms with Crippen LogP contribution in [0.25, 0.3) is 6.08 Å². The highest BCUT2D eigenvalue weighted by Crippen LogP contribution is 2.40. The van der Waals surface area contributed by atoms with Crippen LogP contribution in [0.1, 0.15) is 25.3 Å². The summed E-state index contributed by atoms with van der Waals surface area (Å²) >= 11 is 0. The van der Waals surface area contributed by atoms with Crippen LogP contribution >= 0.6 is 0 Å². The zero-order valence-corrected chi connectivity index (χ0v) is 16.3. The number of carbonyl (C=O) groups excluding carboxylic acids is 2. The van der Waals surface area contributed by atoms with Crippen LogP contribution in [0.5, 0.6) is 17.2 Å². The first-order valence-corrected chi connectivity index (χ1v) is 8.98. The molecule has 0 radical (unpaired) electrons. The molecule has 0 atom stereocenters. The van der Waals surface area contributed by atoms with Gasteiger partial charge in [0.25, 0.3) is 0 Å². The predicted molar refractivity (Wildman–Crippen MR) is 101 cm³/mol. The molecule has 1 aromatic rings. The molecule has 1 aromatic carbocycles. The highest BCUT2D eigenvalue weighted by Gasteiger charge is 2.27. The molecule has 1 heterocycles. The Kier molecular flexibility index (Phi) is 7.52. The third-order valence-electron chi connectivity index (χ3n) is 4.57. The van der Waals surface area contributed by atoms with Crippen molar-refractivity contribution >= 4 is 18.0 Å². The SMILES string of the molecule is CCOC(=O)C1CCN(C(=O)/C=C/c2ccc(OC)c(OC)c2OC)CC1. The molecule has 1 saturated heterocycles. The molecule has 0 spiro atoms. The van der Waals surface area contributed by atoms with Gasteiger partial charge in [-0.25, -0.2) is 0 Å². The van der Waals surface area contributed by atoms with E-state index in [2.05, 4.69) is 0 Å². The van der Waals surface area contributed by atoms with E-state index in [9.17, 15) is 9.59 Å². The first-order chi connectivity index (χ1) is 13.0. The number of hydrogen-bond donors (Lipinski definition) is 0. The number of benzene rings is 1. The van der Waals surface area contributed by atoms with Crippen molar-refractivity contribution < 1.29 is 28.5 Å². The maximum Gasteiger partial charge on any atom is 0.309 e. The Labute approximate surface area is 159 Å². The first kappa shape index (κ1) is 20.6. The Balaban J connectivity index is 2.04. The summed E-state index contributed by atoms with van der Waals surface area (Å²) in [7, 11) is 4.62. The van der Waals surface area contributed by atoms with Gasteiger partial charge in [0.2, 0.25) is 11.7 Å². The van der Waals surface area contributed by atoms with Crippen LogP contribution in [0.3, 0.4) is 0 Å². The molecule has 1 aliphatic heterocycles. The smallest absolute Gasteiger partial charge is 0.309 e. The van der Waals surface area contributed by atoms with E-state index in [1.54, 1.807) is 37.1 Å². The third kappa shape index (κ3) is 4.93. The molecule has 2 rings (SSSR count). The summed E-state index contributed by atoms with van der Waals surface area (Å²) in [6.07, 6.45) is 4.45. The zero-order valence-electron chi connectivity index (χ0n) is 16.3. The molecule has 1 amide bonds. The van der Waals surface area contributed by atoms with Crippen molar-refractivity contribution in [2.75, 3.05) is 41.0 Å². The van der Waals surface area contributed by atoms with Crippen molar-refractivity contribution in [3.8, 4) is 17.2 Å².